The second-order valence-electron chi connectivity index (χ2n) is 3.52. The fourth-order valence-electron chi connectivity index (χ4n) is 1.62. The number of aliphatic carboxylic acids is 1. The first kappa shape index (κ1) is 11.6. The first-order chi connectivity index (χ1) is 7.04. The molecule has 6 nitrogen and oxygen atoms in total. The van der Waals surface area contributed by atoms with E-state index < -0.39 is 23.8 Å². The second-order valence-corrected chi connectivity index (χ2v) is 3.52. The zero-order chi connectivity index (χ0) is 11.4. The lowest BCUT2D eigenvalue weighted by Gasteiger charge is -2.30. The normalized spacial score (nSPS) is 19.8. The lowest BCUT2D eigenvalue weighted by Crippen LogP contribution is -2.56. The number of rotatable bonds is 4. The third kappa shape index (κ3) is 3.02. The minimum absolute atomic E-state index is 0.0251. The Balaban J connectivity index is 2.70. The van der Waals surface area contributed by atoms with Gasteiger partial charge in [0.25, 0.3) is 0 Å². The minimum atomic E-state index is -0.987. The summed E-state index contributed by atoms with van der Waals surface area (Å²) in [4.78, 5) is 34.4. The monoisotopic (exact) mass is 214 g/mol. The largest absolute Gasteiger partial charge is 0.480 e. The maximum absolute atomic E-state index is 11.0. The molecule has 1 saturated heterocycles. The Hall–Kier alpha value is -1.43. The fourth-order valence-corrected chi connectivity index (χ4v) is 1.62. The summed E-state index contributed by atoms with van der Waals surface area (Å²) in [7, 11) is 0. The number of carbonyl (C=O) groups excluding carboxylic acids is 2. The fraction of sp³-hybridized carbons (Fsp3) is 0.667. The highest BCUT2D eigenvalue weighted by molar-refractivity contribution is 5.99. The van der Waals surface area contributed by atoms with Crippen molar-refractivity contribution in [3.05, 3.63) is 0 Å². The molecule has 84 valence electrons. The molecule has 0 aromatic carbocycles. The van der Waals surface area contributed by atoms with Crippen LogP contribution in [-0.2, 0) is 14.4 Å². The molecule has 15 heavy (non-hydrogen) atoms. The predicted molar refractivity (Wildman–Crippen MR) is 51.1 cm³/mol. The van der Waals surface area contributed by atoms with Crippen LogP contribution >= 0.6 is 0 Å². The van der Waals surface area contributed by atoms with E-state index in [1.807, 2.05) is 6.92 Å². The Morgan fingerprint density at radius 2 is 2.00 bits per heavy atom. The van der Waals surface area contributed by atoms with Crippen molar-refractivity contribution in [2.24, 2.45) is 0 Å². The van der Waals surface area contributed by atoms with Gasteiger partial charge in [0.05, 0.1) is 13.1 Å². The molecular formula is C9H14N2O4. The smallest absolute Gasteiger partial charge is 0.320 e. The van der Waals surface area contributed by atoms with Crippen LogP contribution in [0, 0.1) is 0 Å². The maximum atomic E-state index is 11.0. The van der Waals surface area contributed by atoms with E-state index in [1.165, 1.54) is 4.90 Å². The first-order valence-corrected chi connectivity index (χ1v) is 4.84. The van der Waals surface area contributed by atoms with E-state index >= 15 is 0 Å². The van der Waals surface area contributed by atoms with E-state index in [2.05, 4.69) is 5.32 Å². The lowest BCUT2D eigenvalue weighted by atomic mass is 10.1. The summed E-state index contributed by atoms with van der Waals surface area (Å²) in [6.45, 7) is 1.81. The molecule has 0 aromatic heterocycles. The standard InChI is InChI=1S/C9H14N2O4/c1-2-3-6(9(14)15)11-4-7(12)10-8(13)5-11/h6H,2-5H2,1H3,(H,14,15)(H,10,12,13). The van der Waals surface area contributed by atoms with Crippen LogP contribution in [0.25, 0.3) is 0 Å². The molecule has 1 rings (SSSR count). The van der Waals surface area contributed by atoms with Crippen LogP contribution in [0.3, 0.4) is 0 Å². The zero-order valence-electron chi connectivity index (χ0n) is 8.52. The van der Waals surface area contributed by atoms with Gasteiger partial charge < -0.3 is 5.11 Å². The number of carboxylic acid groups (broad SMARTS) is 1. The highest BCUT2D eigenvalue weighted by Gasteiger charge is 2.31. The quantitative estimate of drug-likeness (QED) is 0.598. The van der Waals surface area contributed by atoms with Gasteiger partial charge in [0.15, 0.2) is 0 Å². The van der Waals surface area contributed by atoms with E-state index in [0.717, 1.165) is 0 Å². The molecule has 1 heterocycles. The van der Waals surface area contributed by atoms with Crippen molar-refractivity contribution in [1.29, 1.82) is 0 Å². The van der Waals surface area contributed by atoms with Crippen molar-refractivity contribution in [2.75, 3.05) is 13.1 Å². The van der Waals surface area contributed by atoms with Crippen LogP contribution in [-0.4, -0.2) is 46.9 Å². The number of imide groups is 1. The Bertz CT molecular complexity index is 274. The topological polar surface area (TPSA) is 86.7 Å². The molecule has 2 amide bonds. The SMILES string of the molecule is CCCC(C(=O)O)N1CC(=O)NC(=O)C1. The third-order valence-corrected chi connectivity index (χ3v) is 2.26. The van der Waals surface area contributed by atoms with E-state index in [0.29, 0.717) is 12.8 Å². The molecule has 1 aliphatic rings. The van der Waals surface area contributed by atoms with E-state index in [1.54, 1.807) is 0 Å². The summed E-state index contributed by atoms with van der Waals surface area (Å²) < 4.78 is 0. The molecule has 2 N–H and O–H groups in total. The number of piperazine rings is 1. The molecule has 1 fully saturated rings. The van der Waals surface area contributed by atoms with Gasteiger partial charge >= 0.3 is 5.97 Å². The highest BCUT2D eigenvalue weighted by atomic mass is 16.4. The molecule has 0 bridgehead atoms. The lowest BCUT2D eigenvalue weighted by molar-refractivity contribution is -0.147. The predicted octanol–water partition coefficient (Wildman–Crippen LogP) is -0.802. The van der Waals surface area contributed by atoms with Gasteiger partial charge in [0.1, 0.15) is 6.04 Å². The summed E-state index contributed by atoms with van der Waals surface area (Å²) in [6.07, 6.45) is 1.14. The van der Waals surface area contributed by atoms with Gasteiger partial charge in [-0.15, -0.1) is 0 Å². The highest BCUT2D eigenvalue weighted by Crippen LogP contribution is 2.09. The molecule has 6 heteroatoms. The van der Waals surface area contributed by atoms with Crippen molar-refractivity contribution < 1.29 is 19.5 Å². The van der Waals surface area contributed by atoms with Gasteiger partial charge in [-0.1, -0.05) is 13.3 Å². The van der Waals surface area contributed by atoms with E-state index in [4.69, 9.17) is 5.11 Å². The van der Waals surface area contributed by atoms with Gasteiger partial charge in [-0.05, 0) is 6.42 Å². The Labute approximate surface area is 87.2 Å². The van der Waals surface area contributed by atoms with Crippen LogP contribution in [0.15, 0.2) is 0 Å². The summed E-state index contributed by atoms with van der Waals surface area (Å²) in [5, 5.41) is 11.1. The molecular weight excluding hydrogens is 200 g/mol. The number of amides is 2. The first-order valence-electron chi connectivity index (χ1n) is 4.84. The molecule has 1 unspecified atom stereocenters. The van der Waals surface area contributed by atoms with Crippen LogP contribution < -0.4 is 5.32 Å². The molecule has 1 atom stereocenters. The molecule has 0 saturated carbocycles. The third-order valence-electron chi connectivity index (χ3n) is 2.26. The van der Waals surface area contributed by atoms with Crippen molar-refractivity contribution in [2.45, 2.75) is 25.8 Å². The van der Waals surface area contributed by atoms with Gasteiger partial charge in [0.2, 0.25) is 11.8 Å². The maximum Gasteiger partial charge on any atom is 0.320 e. The number of hydrogen-bond acceptors (Lipinski definition) is 4. The van der Waals surface area contributed by atoms with Crippen LogP contribution in [0.5, 0.6) is 0 Å². The van der Waals surface area contributed by atoms with Crippen molar-refractivity contribution in [3.8, 4) is 0 Å². The van der Waals surface area contributed by atoms with Crippen LogP contribution in [0.4, 0.5) is 0 Å². The van der Waals surface area contributed by atoms with Crippen molar-refractivity contribution in [1.82, 2.24) is 10.2 Å². The number of nitrogens with one attached hydrogen (secondary N) is 1. The number of carbonyl (C=O) groups is 3. The molecule has 1 aliphatic heterocycles. The summed E-state index contributed by atoms with van der Waals surface area (Å²) in [5.74, 6) is -1.86. The average Bonchev–Trinajstić information content (AvgIpc) is 2.11. The second kappa shape index (κ2) is 4.88. The summed E-state index contributed by atoms with van der Waals surface area (Å²) >= 11 is 0. The summed E-state index contributed by atoms with van der Waals surface area (Å²) in [5.41, 5.74) is 0. The molecule has 0 spiro atoms. The van der Waals surface area contributed by atoms with Crippen molar-refractivity contribution in [3.63, 3.8) is 0 Å². The van der Waals surface area contributed by atoms with Crippen molar-refractivity contribution >= 4 is 17.8 Å². The van der Waals surface area contributed by atoms with Gasteiger partial charge in [-0.25, -0.2) is 0 Å². The number of hydrogen-bond donors (Lipinski definition) is 2. The van der Waals surface area contributed by atoms with E-state index in [-0.39, 0.29) is 13.1 Å². The molecule has 0 aromatic rings. The van der Waals surface area contributed by atoms with Crippen LogP contribution in [0.2, 0.25) is 0 Å². The minimum Gasteiger partial charge on any atom is -0.480 e. The van der Waals surface area contributed by atoms with E-state index in [9.17, 15) is 14.4 Å². The zero-order valence-corrected chi connectivity index (χ0v) is 8.52. The number of nitrogens with zero attached hydrogens (tertiary/aromatic N) is 1. The Kier molecular flexibility index (Phi) is 3.79. The summed E-state index contributed by atoms with van der Waals surface area (Å²) in [6, 6.07) is -0.745. The van der Waals surface area contributed by atoms with Crippen LogP contribution in [0.1, 0.15) is 19.8 Å². The van der Waals surface area contributed by atoms with Gasteiger partial charge in [-0.2, -0.15) is 0 Å². The van der Waals surface area contributed by atoms with Gasteiger partial charge in [0, 0.05) is 0 Å². The molecule has 0 radical (unpaired) electrons. The number of carboxylic acids is 1. The van der Waals surface area contributed by atoms with Gasteiger partial charge in [-0.3, -0.25) is 24.6 Å². The Morgan fingerprint density at radius 1 is 1.47 bits per heavy atom. The Morgan fingerprint density at radius 3 is 2.40 bits per heavy atom. The molecule has 0 aliphatic carbocycles. The average molecular weight is 214 g/mol.